The molecule has 1 atom stereocenters. The average molecular weight is 358 g/mol. The maximum Gasteiger partial charge on any atom is 0.247 e. The molecule has 0 saturated heterocycles. The van der Waals surface area contributed by atoms with Crippen LogP contribution in [0.4, 0.5) is 0 Å². The van der Waals surface area contributed by atoms with Crippen molar-refractivity contribution in [2.75, 3.05) is 12.9 Å². The van der Waals surface area contributed by atoms with Gasteiger partial charge in [-0.1, -0.05) is 23.9 Å². The number of dihydropyridines is 1. The number of nitrogens with zero attached hydrogens (tertiary/aromatic N) is 1. The fourth-order valence-electron chi connectivity index (χ4n) is 2.63. The number of allylic oxidation sites excluding steroid dienone is 2. The van der Waals surface area contributed by atoms with Gasteiger partial charge >= 0.3 is 0 Å². The average Bonchev–Trinajstić information content (AvgIpc) is 2.58. The minimum absolute atomic E-state index is 0.0159. The first-order valence-corrected chi connectivity index (χ1v) is 8.34. The Labute approximate surface area is 149 Å². The summed E-state index contributed by atoms with van der Waals surface area (Å²) in [4.78, 5) is 23.1. The number of carbonyl (C=O) groups excluding carboxylic acids is 2. The van der Waals surface area contributed by atoms with Gasteiger partial charge in [-0.3, -0.25) is 9.59 Å². The number of thioether (sulfide) groups is 1. The molecule has 1 aromatic carbocycles. The van der Waals surface area contributed by atoms with E-state index in [-0.39, 0.29) is 5.75 Å². The lowest BCUT2D eigenvalue weighted by Crippen LogP contribution is -2.31. The van der Waals surface area contributed by atoms with E-state index in [1.165, 1.54) is 0 Å². The highest BCUT2D eigenvalue weighted by Crippen LogP contribution is 2.40. The Morgan fingerprint density at radius 3 is 2.44 bits per heavy atom. The molecule has 1 aromatic rings. The van der Waals surface area contributed by atoms with E-state index in [1.54, 1.807) is 38.3 Å². The van der Waals surface area contributed by atoms with E-state index in [2.05, 4.69) is 11.4 Å². The van der Waals surface area contributed by atoms with Crippen LogP contribution in [0, 0.1) is 11.3 Å². The van der Waals surface area contributed by atoms with Gasteiger partial charge in [0, 0.05) is 11.3 Å². The van der Waals surface area contributed by atoms with Crippen LogP contribution in [0.1, 0.15) is 18.4 Å². The van der Waals surface area contributed by atoms with Crippen molar-refractivity contribution >= 4 is 23.6 Å². The van der Waals surface area contributed by atoms with Gasteiger partial charge in [0.1, 0.15) is 5.75 Å². The van der Waals surface area contributed by atoms with E-state index in [0.717, 1.165) is 17.3 Å². The molecule has 1 heterocycles. The summed E-state index contributed by atoms with van der Waals surface area (Å²) in [5.41, 5.74) is 12.6. The van der Waals surface area contributed by atoms with E-state index >= 15 is 0 Å². The molecule has 130 valence electrons. The van der Waals surface area contributed by atoms with Crippen LogP contribution in [-0.4, -0.2) is 24.7 Å². The van der Waals surface area contributed by atoms with Gasteiger partial charge in [-0.25, -0.2) is 0 Å². The molecule has 5 N–H and O–H groups in total. The monoisotopic (exact) mass is 358 g/mol. The molecule has 1 unspecified atom stereocenters. The van der Waals surface area contributed by atoms with Gasteiger partial charge < -0.3 is 21.5 Å². The molecule has 1 aliphatic heterocycles. The van der Waals surface area contributed by atoms with E-state index in [4.69, 9.17) is 16.2 Å². The standard InChI is InChI=1S/C17H18N4O3S/c1-9-14(16(20)23)15(10-3-5-11(24-2)6-4-10)12(7-18)17(21-9)25-8-13(19)22/h3-6,15,21H,8H2,1-2H3,(H2,19,22)(H2,20,23). The third-order valence-electron chi connectivity index (χ3n) is 3.72. The summed E-state index contributed by atoms with van der Waals surface area (Å²) in [6.07, 6.45) is 0. The van der Waals surface area contributed by atoms with Crippen molar-refractivity contribution < 1.29 is 14.3 Å². The number of hydrogen-bond acceptors (Lipinski definition) is 6. The first-order chi connectivity index (χ1) is 11.9. The number of methoxy groups -OCH3 is 1. The maximum absolute atomic E-state index is 12.0. The minimum Gasteiger partial charge on any atom is -0.497 e. The number of benzene rings is 1. The lowest BCUT2D eigenvalue weighted by Gasteiger charge is -2.29. The summed E-state index contributed by atoms with van der Waals surface area (Å²) in [5.74, 6) is -1.06. The summed E-state index contributed by atoms with van der Waals surface area (Å²) in [5, 5.41) is 13.2. The molecule has 0 fully saturated rings. The number of amides is 2. The molecule has 25 heavy (non-hydrogen) atoms. The van der Waals surface area contributed by atoms with Gasteiger partial charge in [0.25, 0.3) is 0 Å². The topological polar surface area (TPSA) is 131 Å². The van der Waals surface area contributed by atoms with Crippen LogP contribution >= 0.6 is 11.8 Å². The van der Waals surface area contributed by atoms with Crippen LogP contribution in [-0.2, 0) is 9.59 Å². The highest BCUT2D eigenvalue weighted by molar-refractivity contribution is 8.03. The molecule has 0 spiro atoms. The van der Waals surface area contributed by atoms with E-state index < -0.39 is 17.7 Å². The van der Waals surface area contributed by atoms with Crippen molar-refractivity contribution in [1.29, 1.82) is 5.26 Å². The zero-order chi connectivity index (χ0) is 18.6. The van der Waals surface area contributed by atoms with Crippen molar-refractivity contribution in [1.82, 2.24) is 5.32 Å². The Morgan fingerprint density at radius 2 is 1.96 bits per heavy atom. The van der Waals surface area contributed by atoms with Crippen LogP contribution < -0.4 is 21.5 Å². The molecule has 2 rings (SSSR count). The van der Waals surface area contributed by atoms with Crippen LogP contribution in [0.2, 0.25) is 0 Å². The van der Waals surface area contributed by atoms with Gasteiger partial charge in [0.2, 0.25) is 11.8 Å². The Morgan fingerprint density at radius 1 is 1.32 bits per heavy atom. The maximum atomic E-state index is 12.0. The quantitative estimate of drug-likeness (QED) is 0.698. The SMILES string of the molecule is COc1ccc(C2C(C#N)=C(SCC(N)=O)NC(C)=C2C(N)=O)cc1. The molecule has 0 bridgehead atoms. The summed E-state index contributed by atoms with van der Waals surface area (Å²) in [6.45, 7) is 1.70. The lowest BCUT2D eigenvalue weighted by atomic mass is 9.82. The fourth-order valence-corrected chi connectivity index (χ4v) is 3.46. The van der Waals surface area contributed by atoms with Crippen molar-refractivity contribution in [3.63, 3.8) is 0 Å². The first-order valence-electron chi connectivity index (χ1n) is 7.36. The van der Waals surface area contributed by atoms with Gasteiger partial charge in [0.15, 0.2) is 0 Å². The van der Waals surface area contributed by atoms with Crippen LogP contribution in [0.15, 0.2) is 46.1 Å². The van der Waals surface area contributed by atoms with E-state index in [1.807, 2.05) is 0 Å². The normalized spacial score (nSPS) is 16.9. The van der Waals surface area contributed by atoms with Gasteiger partial charge in [-0.2, -0.15) is 5.26 Å². The number of ether oxygens (including phenoxy) is 1. The highest BCUT2D eigenvalue weighted by Gasteiger charge is 2.33. The number of carbonyl (C=O) groups is 2. The summed E-state index contributed by atoms with van der Waals surface area (Å²) >= 11 is 1.12. The molecule has 0 aliphatic carbocycles. The number of nitrogens with one attached hydrogen (secondary N) is 1. The van der Waals surface area contributed by atoms with E-state index in [0.29, 0.717) is 27.6 Å². The smallest absolute Gasteiger partial charge is 0.247 e. The number of nitriles is 1. The van der Waals surface area contributed by atoms with E-state index in [9.17, 15) is 14.9 Å². The lowest BCUT2D eigenvalue weighted by molar-refractivity contribution is -0.116. The van der Waals surface area contributed by atoms with Crippen molar-refractivity contribution in [3.05, 3.63) is 51.7 Å². The number of primary amides is 2. The Bertz CT molecular complexity index is 806. The molecule has 0 saturated carbocycles. The third kappa shape index (κ3) is 3.95. The second kappa shape index (κ2) is 7.77. The summed E-state index contributed by atoms with van der Waals surface area (Å²) in [7, 11) is 1.55. The molecular formula is C17H18N4O3S. The van der Waals surface area contributed by atoms with Crippen molar-refractivity contribution in [2.24, 2.45) is 11.5 Å². The minimum atomic E-state index is -0.620. The Kier molecular flexibility index (Phi) is 5.72. The number of rotatable bonds is 6. The fraction of sp³-hybridized carbons (Fsp3) is 0.235. The highest BCUT2D eigenvalue weighted by atomic mass is 32.2. The van der Waals surface area contributed by atoms with Gasteiger partial charge in [-0.05, 0) is 24.6 Å². The number of hydrogen-bond donors (Lipinski definition) is 3. The molecule has 2 amide bonds. The van der Waals surface area contributed by atoms with Gasteiger partial charge in [-0.15, -0.1) is 0 Å². The molecule has 8 heteroatoms. The second-order valence-electron chi connectivity index (χ2n) is 5.34. The first kappa shape index (κ1) is 18.4. The zero-order valence-electron chi connectivity index (χ0n) is 13.8. The predicted octanol–water partition coefficient (Wildman–Crippen LogP) is 1.09. The predicted molar refractivity (Wildman–Crippen MR) is 95.1 cm³/mol. The third-order valence-corrected chi connectivity index (χ3v) is 4.76. The van der Waals surface area contributed by atoms with Crippen LogP contribution in [0.5, 0.6) is 5.75 Å². The molecule has 1 aliphatic rings. The Balaban J connectivity index is 2.56. The zero-order valence-corrected chi connectivity index (χ0v) is 14.6. The largest absolute Gasteiger partial charge is 0.497 e. The van der Waals surface area contributed by atoms with Crippen molar-refractivity contribution in [3.8, 4) is 11.8 Å². The summed E-state index contributed by atoms with van der Waals surface area (Å²) < 4.78 is 5.14. The molecule has 7 nitrogen and oxygen atoms in total. The molecular weight excluding hydrogens is 340 g/mol. The molecule has 0 aromatic heterocycles. The van der Waals surface area contributed by atoms with Gasteiger partial charge in [0.05, 0.1) is 35.5 Å². The molecule has 0 radical (unpaired) electrons. The summed E-state index contributed by atoms with van der Waals surface area (Å²) in [6, 6.07) is 9.18. The van der Waals surface area contributed by atoms with Crippen LogP contribution in [0.3, 0.4) is 0 Å². The van der Waals surface area contributed by atoms with Crippen molar-refractivity contribution in [2.45, 2.75) is 12.8 Å². The Hall–Kier alpha value is -2.92. The number of nitrogens with two attached hydrogens (primary N) is 2. The second-order valence-corrected chi connectivity index (χ2v) is 6.33. The van der Waals surface area contributed by atoms with Crippen LogP contribution in [0.25, 0.3) is 0 Å².